The van der Waals surface area contributed by atoms with Crippen LogP contribution in [0.15, 0.2) is 18.2 Å². The lowest BCUT2D eigenvalue weighted by molar-refractivity contribution is -0.146. The van der Waals surface area contributed by atoms with E-state index >= 15 is 0 Å². The predicted octanol–water partition coefficient (Wildman–Crippen LogP) is 3.02. The first kappa shape index (κ1) is 25.4. The second-order valence-electron chi connectivity index (χ2n) is 6.83. The second kappa shape index (κ2) is 11.5. The van der Waals surface area contributed by atoms with Crippen molar-refractivity contribution in [1.82, 2.24) is 10.6 Å². The fourth-order valence-electron chi connectivity index (χ4n) is 2.43. The number of ether oxygens (including phenoxy) is 1. The molecule has 2 atom stereocenters. The van der Waals surface area contributed by atoms with Crippen LogP contribution in [-0.2, 0) is 25.5 Å². The molecule has 0 saturated heterocycles. The average Bonchev–Trinajstić information content (AvgIpc) is 2.61. The lowest BCUT2D eigenvalue weighted by atomic mass is 9.90. The first-order chi connectivity index (χ1) is 13.9. The van der Waals surface area contributed by atoms with Crippen LogP contribution in [0, 0.1) is 17.2 Å². The van der Waals surface area contributed by atoms with Crippen molar-refractivity contribution in [1.29, 1.82) is 5.41 Å². The maximum Gasteiger partial charge on any atom is 0.414 e. The quantitative estimate of drug-likeness (QED) is 0.347. The molecule has 0 unspecified atom stereocenters. The van der Waals surface area contributed by atoms with Gasteiger partial charge in [-0.15, -0.1) is 0 Å². The number of rotatable bonds is 8. The van der Waals surface area contributed by atoms with Gasteiger partial charge in [-0.2, -0.15) is 0 Å². The number of ketones is 1. The van der Waals surface area contributed by atoms with Gasteiger partial charge in [0.15, 0.2) is 11.9 Å². The molecule has 0 saturated carbocycles. The standard InChI is InChI=1S/C19H23Cl2N3O6/c1-9(2)11(17(27)28)7-15(25)10(3)30-19(29)24-18(22)23-16(26)8-12-13(20)5-4-6-14(12)21/h4-6,9-11H,7-8H2,1-3H3,(H,27,28)(H3,22,23,24,26,29)/t10-,11+/m0/s1. The third-order valence-electron chi connectivity index (χ3n) is 4.17. The number of halogens is 2. The van der Waals surface area contributed by atoms with Gasteiger partial charge in [0.1, 0.15) is 0 Å². The van der Waals surface area contributed by atoms with E-state index in [1.807, 2.05) is 5.32 Å². The number of carbonyl (C=O) groups is 4. The minimum Gasteiger partial charge on any atom is -0.481 e. The number of aliphatic carboxylic acids is 1. The van der Waals surface area contributed by atoms with Gasteiger partial charge in [-0.3, -0.25) is 30.4 Å². The Bertz CT molecular complexity index is 823. The van der Waals surface area contributed by atoms with Crippen LogP contribution in [0.4, 0.5) is 4.79 Å². The van der Waals surface area contributed by atoms with Crippen LogP contribution >= 0.6 is 23.2 Å². The summed E-state index contributed by atoms with van der Waals surface area (Å²) >= 11 is 12.0. The fraction of sp³-hybridized carbons (Fsp3) is 0.421. The van der Waals surface area contributed by atoms with Crippen molar-refractivity contribution >= 4 is 52.9 Å². The van der Waals surface area contributed by atoms with E-state index in [4.69, 9.17) is 38.5 Å². The van der Waals surface area contributed by atoms with Gasteiger partial charge in [-0.25, -0.2) is 4.79 Å². The second-order valence-corrected chi connectivity index (χ2v) is 7.65. The Balaban J connectivity index is 2.53. The molecule has 4 N–H and O–H groups in total. The van der Waals surface area contributed by atoms with Crippen molar-refractivity contribution in [3.8, 4) is 0 Å². The Labute approximate surface area is 183 Å². The Kier molecular flexibility index (Phi) is 9.74. The molecule has 9 nitrogen and oxygen atoms in total. The lowest BCUT2D eigenvalue weighted by Crippen LogP contribution is -2.45. The Morgan fingerprint density at radius 2 is 1.67 bits per heavy atom. The maximum absolute atomic E-state index is 12.1. The average molecular weight is 460 g/mol. The number of nitrogens with one attached hydrogen (secondary N) is 3. The van der Waals surface area contributed by atoms with Crippen molar-refractivity contribution in [2.24, 2.45) is 11.8 Å². The zero-order chi connectivity index (χ0) is 23.0. The topological polar surface area (TPSA) is 146 Å². The number of hydrogen-bond acceptors (Lipinski definition) is 6. The summed E-state index contributed by atoms with van der Waals surface area (Å²) in [7, 11) is 0. The van der Waals surface area contributed by atoms with E-state index in [0.29, 0.717) is 5.56 Å². The third kappa shape index (κ3) is 8.00. The smallest absolute Gasteiger partial charge is 0.414 e. The molecule has 0 spiro atoms. The Hall–Kier alpha value is -2.65. The molecule has 0 radical (unpaired) electrons. The highest BCUT2D eigenvalue weighted by Crippen LogP contribution is 2.24. The molecule has 2 amide bonds. The third-order valence-corrected chi connectivity index (χ3v) is 4.88. The molecule has 11 heteroatoms. The van der Waals surface area contributed by atoms with Gasteiger partial charge in [0, 0.05) is 16.5 Å². The van der Waals surface area contributed by atoms with Gasteiger partial charge in [0.2, 0.25) is 11.9 Å². The molecule has 0 heterocycles. The summed E-state index contributed by atoms with van der Waals surface area (Å²) < 4.78 is 4.85. The van der Waals surface area contributed by atoms with Crippen LogP contribution in [0.1, 0.15) is 32.8 Å². The van der Waals surface area contributed by atoms with Crippen molar-refractivity contribution < 1.29 is 29.0 Å². The molecule has 0 fully saturated rings. The van der Waals surface area contributed by atoms with Gasteiger partial charge < -0.3 is 9.84 Å². The van der Waals surface area contributed by atoms with E-state index in [0.717, 1.165) is 0 Å². The summed E-state index contributed by atoms with van der Waals surface area (Å²) in [5.41, 5.74) is 0.367. The highest BCUT2D eigenvalue weighted by Gasteiger charge is 2.28. The van der Waals surface area contributed by atoms with Gasteiger partial charge in [0.05, 0.1) is 12.3 Å². The number of hydrogen-bond donors (Lipinski definition) is 4. The van der Waals surface area contributed by atoms with Crippen LogP contribution in [-0.4, -0.2) is 40.9 Å². The van der Waals surface area contributed by atoms with Crippen LogP contribution in [0.25, 0.3) is 0 Å². The summed E-state index contributed by atoms with van der Waals surface area (Å²) in [6, 6.07) is 4.74. The monoisotopic (exact) mass is 459 g/mol. The maximum atomic E-state index is 12.1. The molecule has 1 aromatic carbocycles. The summed E-state index contributed by atoms with van der Waals surface area (Å²) in [5.74, 6) is -4.18. The van der Waals surface area contributed by atoms with Gasteiger partial charge in [-0.05, 0) is 30.5 Å². The molecule has 0 aromatic heterocycles. The van der Waals surface area contributed by atoms with Crippen molar-refractivity contribution in [3.05, 3.63) is 33.8 Å². The minimum atomic E-state index is -1.23. The summed E-state index contributed by atoms with van der Waals surface area (Å²) in [6.07, 6.45) is -2.89. The van der Waals surface area contributed by atoms with Crippen molar-refractivity contribution in [3.63, 3.8) is 0 Å². The Morgan fingerprint density at radius 1 is 1.10 bits per heavy atom. The van der Waals surface area contributed by atoms with E-state index in [2.05, 4.69) is 5.32 Å². The summed E-state index contributed by atoms with van der Waals surface area (Å²) in [5, 5.41) is 21.4. The van der Waals surface area contributed by atoms with E-state index < -0.39 is 41.7 Å². The van der Waals surface area contributed by atoms with Crippen LogP contribution in [0.5, 0.6) is 0 Å². The number of carboxylic acids is 1. The number of carboxylic acid groups (broad SMARTS) is 1. The number of carbonyl (C=O) groups excluding carboxylic acids is 3. The number of Topliss-reactive ketones (excluding diaryl/α,β-unsaturated/α-hetero) is 1. The first-order valence-corrected chi connectivity index (χ1v) is 9.72. The molecule has 0 aliphatic rings. The van der Waals surface area contributed by atoms with Crippen LogP contribution in [0.2, 0.25) is 10.0 Å². The van der Waals surface area contributed by atoms with E-state index in [9.17, 15) is 19.2 Å². The zero-order valence-electron chi connectivity index (χ0n) is 16.6. The largest absolute Gasteiger partial charge is 0.481 e. The summed E-state index contributed by atoms with van der Waals surface area (Å²) in [4.78, 5) is 47.1. The van der Waals surface area contributed by atoms with Crippen LogP contribution < -0.4 is 10.6 Å². The lowest BCUT2D eigenvalue weighted by Gasteiger charge is -2.18. The van der Waals surface area contributed by atoms with Crippen LogP contribution in [0.3, 0.4) is 0 Å². The molecule has 0 bridgehead atoms. The molecule has 30 heavy (non-hydrogen) atoms. The molecule has 1 rings (SSSR count). The molecule has 0 aliphatic carbocycles. The van der Waals surface area contributed by atoms with Gasteiger partial charge in [-0.1, -0.05) is 43.1 Å². The van der Waals surface area contributed by atoms with E-state index in [-0.39, 0.29) is 28.8 Å². The number of alkyl carbamates (subject to hydrolysis) is 1. The normalized spacial score (nSPS) is 12.6. The highest BCUT2D eigenvalue weighted by atomic mass is 35.5. The van der Waals surface area contributed by atoms with Crippen molar-refractivity contribution in [2.45, 2.75) is 39.7 Å². The SMILES string of the molecule is CC(C)[C@@H](CC(=O)[C@H](C)OC(=O)NC(=N)NC(=O)Cc1c(Cl)cccc1Cl)C(=O)O. The molecule has 164 valence electrons. The predicted molar refractivity (Wildman–Crippen MR) is 111 cm³/mol. The number of amides is 2. The fourth-order valence-corrected chi connectivity index (χ4v) is 2.96. The zero-order valence-corrected chi connectivity index (χ0v) is 18.1. The van der Waals surface area contributed by atoms with E-state index in [1.165, 1.54) is 6.92 Å². The minimum absolute atomic E-state index is 0.224. The van der Waals surface area contributed by atoms with Gasteiger partial charge >= 0.3 is 12.1 Å². The molecular weight excluding hydrogens is 437 g/mol. The molecule has 0 aliphatic heterocycles. The van der Waals surface area contributed by atoms with E-state index in [1.54, 1.807) is 32.0 Å². The molecular formula is C19H23Cl2N3O6. The molecule has 1 aromatic rings. The Morgan fingerprint density at radius 3 is 2.17 bits per heavy atom. The number of benzene rings is 1. The number of guanidine groups is 1. The summed E-state index contributed by atoms with van der Waals surface area (Å²) in [6.45, 7) is 4.64. The first-order valence-electron chi connectivity index (χ1n) is 8.96. The highest BCUT2D eigenvalue weighted by molar-refractivity contribution is 6.36. The van der Waals surface area contributed by atoms with Crippen molar-refractivity contribution in [2.75, 3.05) is 0 Å². The van der Waals surface area contributed by atoms with Gasteiger partial charge in [0.25, 0.3) is 0 Å².